The quantitative estimate of drug-likeness (QED) is 0.662. The number of fused-ring (bicyclic) bond motifs is 1. The van der Waals surface area contributed by atoms with Crippen LogP contribution in [0.5, 0.6) is 0 Å². The summed E-state index contributed by atoms with van der Waals surface area (Å²) in [6.07, 6.45) is 0. The van der Waals surface area contributed by atoms with Crippen molar-refractivity contribution in [1.29, 1.82) is 0 Å². The lowest BCUT2D eigenvalue weighted by Gasteiger charge is -1.98. The molecule has 3 N–H and O–H groups in total. The Kier molecular flexibility index (Phi) is 1.78. The number of primary amides is 1. The van der Waals surface area contributed by atoms with E-state index in [1.54, 1.807) is 12.1 Å². The molecule has 2 rings (SSSR count). The van der Waals surface area contributed by atoms with Crippen LogP contribution in [-0.2, 0) is 0 Å². The molecule has 0 aliphatic rings. The van der Waals surface area contributed by atoms with Crippen LogP contribution in [0.1, 0.15) is 10.5 Å². The van der Waals surface area contributed by atoms with Gasteiger partial charge in [0, 0.05) is 6.07 Å². The molecule has 0 aromatic carbocycles. The van der Waals surface area contributed by atoms with Gasteiger partial charge in [0.25, 0.3) is 5.91 Å². The fourth-order valence-electron chi connectivity index (χ4n) is 1.17. The Morgan fingerprint density at radius 1 is 1.29 bits per heavy atom. The molecule has 5 heteroatoms. The van der Waals surface area contributed by atoms with Gasteiger partial charge in [0.05, 0.1) is 11.0 Å². The van der Waals surface area contributed by atoms with E-state index in [0.29, 0.717) is 11.0 Å². The fraction of sp³-hybridized carbons (Fsp3) is 0. The van der Waals surface area contributed by atoms with E-state index in [0.717, 1.165) is 0 Å². The van der Waals surface area contributed by atoms with E-state index >= 15 is 0 Å². The lowest BCUT2D eigenvalue weighted by atomic mass is 10.3. The third-order valence-electron chi connectivity index (χ3n) is 1.83. The van der Waals surface area contributed by atoms with Crippen molar-refractivity contribution < 1.29 is 4.79 Å². The number of carbonyl (C=O) groups is 1. The minimum absolute atomic E-state index is 0.185. The topological polar surface area (TPSA) is 88.8 Å². The maximum atomic E-state index is 10.9. The van der Waals surface area contributed by atoms with Gasteiger partial charge in [0.15, 0.2) is 0 Å². The van der Waals surface area contributed by atoms with Crippen LogP contribution in [0.3, 0.4) is 0 Å². The van der Waals surface area contributed by atoms with Crippen LogP contribution < -0.4 is 11.3 Å². The molecule has 0 unspecified atom stereocenters. The van der Waals surface area contributed by atoms with Gasteiger partial charge >= 0.3 is 0 Å². The number of H-pyrrole nitrogens is 1. The summed E-state index contributed by atoms with van der Waals surface area (Å²) in [6, 6.07) is 5.96. The van der Waals surface area contributed by atoms with Crippen LogP contribution in [0.25, 0.3) is 11.0 Å². The summed E-state index contributed by atoms with van der Waals surface area (Å²) in [6.45, 7) is 0. The first kappa shape index (κ1) is 8.43. The monoisotopic (exact) mass is 189 g/mol. The lowest BCUT2D eigenvalue weighted by Crippen LogP contribution is -2.13. The highest BCUT2D eigenvalue weighted by atomic mass is 16.1. The highest BCUT2D eigenvalue weighted by Gasteiger charge is 2.03. The minimum Gasteiger partial charge on any atom is -0.364 e. The zero-order valence-electron chi connectivity index (χ0n) is 7.15. The number of nitrogens with zero attached hydrogens (tertiary/aromatic N) is 1. The number of pyridine rings is 2. The van der Waals surface area contributed by atoms with Crippen LogP contribution in [0.2, 0.25) is 0 Å². The Labute approximate surface area is 78.6 Å². The zero-order chi connectivity index (χ0) is 10.1. The van der Waals surface area contributed by atoms with Gasteiger partial charge in [-0.1, -0.05) is 0 Å². The number of rotatable bonds is 1. The summed E-state index contributed by atoms with van der Waals surface area (Å²) < 4.78 is 0. The van der Waals surface area contributed by atoms with Gasteiger partial charge in [-0.3, -0.25) is 9.59 Å². The number of amides is 1. The van der Waals surface area contributed by atoms with Crippen molar-refractivity contribution in [3.05, 3.63) is 40.3 Å². The van der Waals surface area contributed by atoms with Gasteiger partial charge in [-0.15, -0.1) is 0 Å². The molecule has 0 aliphatic carbocycles. The Bertz CT molecular complexity index is 559. The molecular weight excluding hydrogens is 182 g/mol. The van der Waals surface area contributed by atoms with Gasteiger partial charge in [-0.25, -0.2) is 4.98 Å². The average Bonchev–Trinajstić information content (AvgIpc) is 2.16. The number of hydrogen-bond donors (Lipinski definition) is 2. The van der Waals surface area contributed by atoms with Gasteiger partial charge < -0.3 is 10.7 Å². The molecule has 70 valence electrons. The first-order valence-electron chi connectivity index (χ1n) is 3.97. The van der Waals surface area contributed by atoms with Crippen LogP contribution in [0.15, 0.2) is 29.1 Å². The minimum atomic E-state index is -0.585. The van der Waals surface area contributed by atoms with Crippen LogP contribution in [0, 0.1) is 0 Å². The van der Waals surface area contributed by atoms with E-state index in [-0.39, 0.29) is 11.3 Å². The molecule has 0 bridgehead atoms. The van der Waals surface area contributed by atoms with Crippen molar-refractivity contribution in [2.45, 2.75) is 0 Å². The Balaban J connectivity index is 2.73. The van der Waals surface area contributed by atoms with Gasteiger partial charge in [0.2, 0.25) is 5.56 Å². The highest BCUT2D eigenvalue weighted by molar-refractivity contribution is 5.92. The predicted molar refractivity (Wildman–Crippen MR) is 50.9 cm³/mol. The fourth-order valence-corrected chi connectivity index (χ4v) is 1.17. The Morgan fingerprint density at radius 2 is 2.07 bits per heavy atom. The summed E-state index contributed by atoms with van der Waals surface area (Å²) in [5, 5.41) is 0. The second-order valence-corrected chi connectivity index (χ2v) is 2.82. The Morgan fingerprint density at radius 3 is 2.79 bits per heavy atom. The maximum Gasteiger partial charge on any atom is 0.267 e. The van der Waals surface area contributed by atoms with E-state index < -0.39 is 5.91 Å². The number of nitrogens with two attached hydrogens (primary N) is 1. The maximum absolute atomic E-state index is 10.9. The second kappa shape index (κ2) is 2.95. The van der Waals surface area contributed by atoms with Crippen molar-refractivity contribution in [2.75, 3.05) is 0 Å². The van der Waals surface area contributed by atoms with Crippen molar-refractivity contribution in [3.8, 4) is 0 Å². The summed E-state index contributed by atoms with van der Waals surface area (Å²) in [5.41, 5.74) is 6.17. The third-order valence-corrected chi connectivity index (χ3v) is 1.83. The molecule has 0 fully saturated rings. The van der Waals surface area contributed by atoms with Gasteiger partial charge in [-0.2, -0.15) is 0 Å². The lowest BCUT2D eigenvalue weighted by molar-refractivity contribution is 0.0996. The van der Waals surface area contributed by atoms with E-state index in [1.165, 1.54) is 12.1 Å². The largest absolute Gasteiger partial charge is 0.364 e. The number of nitrogens with one attached hydrogen (secondary N) is 1. The van der Waals surface area contributed by atoms with Crippen molar-refractivity contribution in [3.63, 3.8) is 0 Å². The second-order valence-electron chi connectivity index (χ2n) is 2.82. The molecule has 2 aromatic heterocycles. The van der Waals surface area contributed by atoms with Gasteiger partial charge in [0.1, 0.15) is 5.69 Å². The summed E-state index contributed by atoms with van der Waals surface area (Å²) in [7, 11) is 0. The molecular formula is C9H7N3O2. The SMILES string of the molecule is NC(=O)c1ccc2[nH]c(=O)ccc2n1. The molecule has 2 aromatic rings. The summed E-state index contributed by atoms with van der Waals surface area (Å²) in [4.78, 5) is 28.3. The van der Waals surface area contributed by atoms with Crippen molar-refractivity contribution >= 4 is 16.9 Å². The van der Waals surface area contributed by atoms with Crippen molar-refractivity contribution in [2.24, 2.45) is 5.73 Å². The van der Waals surface area contributed by atoms with Crippen LogP contribution in [0.4, 0.5) is 0 Å². The van der Waals surface area contributed by atoms with Crippen LogP contribution in [-0.4, -0.2) is 15.9 Å². The predicted octanol–water partition coefficient (Wildman–Crippen LogP) is 0.0220. The number of hydrogen-bond acceptors (Lipinski definition) is 3. The number of aromatic nitrogens is 2. The molecule has 0 atom stereocenters. The molecule has 5 nitrogen and oxygen atoms in total. The first-order valence-corrected chi connectivity index (χ1v) is 3.97. The smallest absolute Gasteiger partial charge is 0.267 e. The van der Waals surface area contributed by atoms with Crippen molar-refractivity contribution in [1.82, 2.24) is 9.97 Å². The zero-order valence-corrected chi connectivity index (χ0v) is 7.15. The Hall–Kier alpha value is -2.17. The van der Waals surface area contributed by atoms with E-state index in [2.05, 4.69) is 9.97 Å². The van der Waals surface area contributed by atoms with Gasteiger partial charge in [-0.05, 0) is 18.2 Å². The first-order chi connectivity index (χ1) is 6.66. The molecule has 0 saturated heterocycles. The standard InChI is InChI=1S/C9H7N3O2/c10-9(14)7-2-1-6-5(11-7)3-4-8(13)12-6/h1-4H,(H2,10,14)(H,12,13). The number of carbonyl (C=O) groups excluding carboxylic acids is 1. The molecule has 0 saturated carbocycles. The van der Waals surface area contributed by atoms with Crippen LogP contribution >= 0.6 is 0 Å². The molecule has 0 spiro atoms. The highest BCUT2D eigenvalue weighted by Crippen LogP contribution is 2.06. The van der Waals surface area contributed by atoms with E-state index in [4.69, 9.17) is 5.73 Å². The molecule has 1 amide bonds. The van der Waals surface area contributed by atoms with E-state index in [9.17, 15) is 9.59 Å². The number of aromatic amines is 1. The van der Waals surface area contributed by atoms with E-state index in [1.807, 2.05) is 0 Å². The summed E-state index contributed by atoms with van der Waals surface area (Å²) in [5.74, 6) is -0.585. The normalized spacial score (nSPS) is 10.3. The molecule has 0 aliphatic heterocycles. The molecule has 2 heterocycles. The summed E-state index contributed by atoms with van der Waals surface area (Å²) >= 11 is 0. The molecule has 14 heavy (non-hydrogen) atoms. The average molecular weight is 189 g/mol. The molecule has 0 radical (unpaired) electrons. The third kappa shape index (κ3) is 1.35.